The molecular weight excluding hydrogens is 663 g/mol. The van der Waals surface area contributed by atoms with Crippen LogP contribution in [0.5, 0.6) is 0 Å². The fraction of sp³-hybridized carbons (Fsp3) is 0.346. The van der Waals surface area contributed by atoms with Gasteiger partial charge in [0.1, 0.15) is 36.0 Å². The summed E-state index contributed by atoms with van der Waals surface area (Å²) in [5, 5.41) is 17.6. The summed E-state index contributed by atoms with van der Waals surface area (Å²) >= 11 is 4.25. The number of thioether (sulfide) groups is 1. The van der Waals surface area contributed by atoms with E-state index in [1.807, 2.05) is 6.07 Å². The number of nitriles is 1. The van der Waals surface area contributed by atoms with Gasteiger partial charge in [0.2, 0.25) is 0 Å². The van der Waals surface area contributed by atoms with Crippen LogP contribution in [0.25, 0.3) is 11.3 Å². The maximum atomic E-state index is 14.0. The number of esters is 3. The van der Waals surface area contributed by atoms with E-state index in [0.717, 1.165) is 49.3 Å². The number of ether oxygens (including phenoxy) is 4. The first-order valence-corrected chi connectivity index (χ1v) is 14.0. The molecule has 5 atom stereocenters. The Hall–Kier alpha value is -4.01. The SMILES string of the molecule is CC(=O)OC[C@H]1O[C@H](Sc2cc(Br)cnc2C#N)[C@H](OC(C)=O)[C@@H](n2cc(-c3cc(F)c(F)c(F)c3)nn2)[C@H]1OC(C)=O. The number of benzene rings is 1. The topological polar surface area (TPSA) is 156 Å². The van der Waals surface area contributed by atoms with Gasteiger partial charge in [0, 0.05) is 41.9 Å². The molecule has 1 aliphatic rings. The van der Waals surface area contributed by atoms with E-state index in [0.29, 0.717) is 9.37 Å². The average Bonchev–Trinajstić information content (AvgIpc) is 3.41. The summed E-state index contributed by atoms with van der Waals surface area (Å²) in [6, 6.07) is 3.76. The van der Waals surface area contributed by atoms with Gasteiger partial charge in [-0.2, -0.15) is 5.26 Å². The second kappa shape index (κ2) is 13.5. The van der Waals surface area contributed by atoms with Crippen LogP contribution in [-0.2, 0) is 33.3 Å². The molecule has 2 aromatic heterocycles. The molecule has 3 aromatic rings. The van der Waals surface area contributed by atoms with Crippen LogP contribution in [0.3, 0.4) is 0 Å². The normalized spacial score (nSPS) is 21.5. The molecule has 0 aliphatic carbocycles. The lowest BCUT2D eigenvalue weighted by Crippen LogP contribution is -2.57. The highest BCUT2D eigenvalue weighted by Crippen LogP contribution is 2.42. The van der Waals surface area contributed by atoms with E-state index < -0.39 is 71.8 Å². The highest BCUT2D eigenvalue weighted by Gasteiger charge is 2.52. The minimum absolute atomic E-state index is 0.0250. The van der Waals surface area contributed by atoms with Gasteiger partial charge in [0.15, 0.2) is 35.4 Å². The Morgan fingerprint density at radius 2 is 1.72 bits per heavy atom. The lowest BCUT2D eigenvalue weighted by atomic mass is 9.96. The van der Waals surface area contributed by atoms with Crippen molar-refractivity contribution in [3.05, 3.63) is 58.2 Å². The monoisotopic (exact) mass is 683 g/mol. The van der Waals surface area contributed by atoms with Crippen LogP contribution >= 0.6 is 27.7 Å². The van der Waals surface area contributed by atoms with Crippen molar-refractivity contribution in [3.8, 4) is 17.3 Å². The van der Waals surface area contributed by atoms with Crippen molar-refractivity contribution < 1.29 is 46.5 Å². The van der Waals surface area contributed by atoms with Crippen LogP contribution in [0, 0.1) is 28.8 Å². The van der Waals surface area contributed by atoms with Crippen LogP contribution in [0.1, 0.15) is 32.5 Å². The van der Waals surface area contributed by atoms with Crippen molar-refractivity contribution in [1.82, 2.24) is 20.0 Å². The molecule has 17 heteroatoms. The molecule has 0 N–H and O–H groups in total. The Labute approximate surface area is 254 Å². The summed E-state index contributed by atoms with van der Waals surface area (Å²) < 4.78 is 65.7. The van der Waals surface area contributed by atoms with Gasteiger partial charge in [-0.15, -0.1) is 5.10 Å². The third-order valence-corrected chi connectivity index (χ3v) is 7.55. The molecular formula is C26H21BrF3N5O7S. The predicted octanol–water partition coefficient (Wildman–Crippen LogP) is 3.88. The molecule has 226 valence electrons. The minimum atomic E-state index is -1.67. The molecule has 1 aromatic carbocycles. The quantitative estimate of drug-likeness (QED) is 0.192. The fourth-order valence-corrected chi connectivity index (χ4v) is 5.94. The number of nitrogens with zero attached hydrogens (tertiary/aromatic N) is 5. The van der Waals surface area contributed by atoms with Gasteiger partial charge in [-0.3, -0.25) is 14.4 Å². The first-order chi connectivity index (χ1) is 20.4. The smallest absolute Gasteiger partial charge is 0.303 e. The fourth-order valence-electron chi connectivity index (χ4n) is 4.26. The number of carbonyl (C=O) groups excluding carboxylic acids is 3. The largest absolute Gasteiger partial charge is 0.463 e. The molecule has 1 saturated heterocycles. The van der Waals surface area contributed by atoms with E-state index in [9.17, 15) is 32.8 Å². The molecule has 1 fully saturated rings. The Morgan fingerprint density at radius 1 is 1.07 bits per heavy atom. The number of carbonyl (C=O) groups is 3. The molecule has 1 aliphatic heterocycles. The van der Waals surface area contributed by atoms with Gasteiger partial charge in [-0.25, -0.2) is 22.8 Å². The van der Waals surface area contributed by atoms with Crippen molar-refractivity contribution in [3.63, 3.8) is 0 Å². The van der Waals surface area contributed by atoms with Crippen molar-refractivity contribution in [2.45, 2.75) is 55.5 Å². The highest BCUT2D eigenvalue weighted by atomic mass is 79.9. The van der Waals surface area contributed by atoms with Crippen molar-refractivity contribution in [2.75, 3.05) is 6.61 Å². The van der Waals surface area contributed by atoms with Gasteiger partial charge < -0.3 is 18.9 Å². The number of rotatable bonds is 8. The van der Waals surface area contributed by atoms with Gasteiger partial charge >= 0.3 is 17.9 Å². The van der Waals surface area contributed by atoms with Crippen LogP contribution in [-0.4, -0.2) is 68.2 Å². The number of pyridine rings is 1. The Kier molecular flexibility index (Phi) is 10.0. The maximum Gasteiger partial charge on any atom is 0.303 e. The minimum Gasteiger partial charge on any atom is -0.463 e. The molecule has 43 heavy (non-hydrogen) atoms. The zero-order chi connectivity index (χ0) is 31.4. The van der Waals surface area contributed by atoms with Crippen LogP contribution in [0.2, 0.25) is 0 Å². The van der Waals surface area contributed by atoms with Crippen LogP contribution in [0.15, 0.2) is 40.0 Å². The number of halogens is 4. The Bertz CT molecular complexity index is 1580. The Morgan fingerprint density at radius 3 is 2.33 bits per heavy atom. The first-order valence-electron chi connectivity index (χ1n) is 12.3. The summed E-state index contributed by atoms with van der Waals surface area (Å²) in [6.45, 7) is 2.99. The molecule has 12 nitrogen and oxygen atoms in total. The maximum absolute atomic E-state index is 14.0. The van der Waals surface area contributed by atoms with E-state index in [1.54, 1.807) is 6.07 Å². The number of hydrogen-bond acceptors (Lipinski definition) is 12. The second-order valence-electron chi connectivity index (χ2n) is 9.05. The van der Waals surface area contributed by atoms with Crippen LogP contribution in [0.4, 0.5) is 13.2 Å². The molecule has 0 saturated carbocycles. The molecule has 3 heterocycles. The van der Waals surface area contributed by atoms with Crippen molar-refractivity contribution in [2.24, 2.45) is 0 Å². The van der Waals surface area contributed by atoms with Crippen LogP contribution < -0.4 is 0 Å². The third-order valence-electron chi connectivity index (χ3n) is 5.94. The lowest BCUT2D eigenvalue weighted by molar-refractivity contribution is -0.212. The van der Waals surface area contributed by atoms with E-state index in [-0.39, 0.29) is 17.0 Å². The van der Waals surface area contributed by atoms with Gasteiger partial charge in [-0.05, 0) is 34.1 Å². The number of aromatic nitrogens is 4. The van der Waals surface area contributed by atoms with E-state index in [2.05, 4.69) is 31.2 Å². The summed E-state index contributed by atoms with van der Waals surface area (Å²) in [7, 11) is 0. The predicted molar refractivity (Wildman–Crippen MR) is 143 cm³/mol. The third kappa shape index (κ3) is 7.50. The first kappa shape index (κ1) is 31.9. The van der Waals surface area contributed by atoms with Gasteiger partial charge in [0.25, 0.3) is 0 Å². The van der Waals surface area contributed by atoms with Gasteiger partial charge in [0.05, 0.1) is 6.20 Å². The molecule has 0 radical (unpaired) electrons. The molecule has 0 bridgehead atoms. The summed E-state index contributed by atoms with van der Waals surface area (Å²) in [5.41, 5.74) is -1.38. The number of hydrogen-bond donors (Lipinski definition) is 0. The van der Waals surface area contributed by atoms with Crippen molar-refractivity contribution >= 4 is 45.6 Å². The molecule has 0 spiro atoms. The van der Waals surface area contributed by atoms with E-state index in [4.69, 9.17) is 18.9 Å². The summed E-state index contributed by atoms with van der Waals surface area (Å²) in [5.74, 6) is -6.79. The Balaban J connectivity index is 1.85. The standard InChI is InChI=1S/C26H21BrF3N5O7S/c1-11(36)39-10-20-24(40-12(2)37)23(35-9-19(33-34-35)14-4-16(28)22(30)17(29)5-14)25(41-13(3)38)26(42-20)43-21-6-15(27)8-32-18(21)7-31/h4-6,8-9,20,23-26H,10H2,1-3H3/t20-,23+,24+,25-,26-/m1/s1. The molecule has 0 amide bonds. The van der Waals surface area contributed by atoms with E-state index in [1.165, 1.54) is 12.4 Å². The highest BCUT2D eigenvalue weighted by molar-refractivity contribution is 9.10. The summed E-state index contributed by atoms with van der Waals surface area (Å²) in [6.07, 6.45) is -1.15. The van der Waals surface area contributed by atoms with E-state index >= 15 is 0 Å². The lowest BCUT2D eigenvalue weighted by Gasteiger charge is -2.44. The van der Waals surface area contributed by atoms with Gasteiger partial charge in [-0.1, -0.05) is 17.0 Å². The van der Waals surface area contributed by atoms with Crippen molar-refractivity contribution in [1.29, 1.82) is 5.26 Å². The molecule has 4 rings (SSSR count). The second-order valence-corrected chi connectivity index (χ2v) is 11.1. The molecule has 0 unspecified atom stereocenters. The zero-order valence-corrected chi connectivity index (χ0v) is 24.9. The average molecular weight is 684 g/mol. The zero-order valence-electron chi connectivity index (χ0n) is 22.5. The summed E-state index contributed by atoms with van der Waals surface area (Å²) in [4.78, 5) is 40.6.